The summed E-state index contributed by atoms with van der Waals surface area (Å²) in [6.07, 6.45) is 6.70. The molecule has 116 valence electrons. The van der Waals surface area contributed by atoms with E-state index in [0.29, 0.717) is 19.6 Å². The molecule has 5 nitrogen and oxygen atoms in total. The highest BCUT2D eigenvalue weighted by Crippen LogP contribution is 2.21. The van der Waals surface area contributed by atoms with Crippen molar-refractivity contribution < 1.29 is 9.53 Å². The van der Waals surface area contributed by atoms with Gasteiger partial charge in [-0.1, -0.05) is 6.92 Å². The van der Waals surface area contributed by atoms with Gasteiger partial charge in [-0.3, -0.25) is 4.79 Å². The van der Waals surface area contributed by atoms with Crippen molar-refractivity contribution in [2.24, 2.45) is 0 Å². The summed E-state index contributed by atoms with van der Waals surface area (Å²) in [4.78, 5) is 18.3. The van der Waals surface area contributed by atoms with Crippen LogP contribution in [-0.4, -0.2) is 42.0 Å². The molecule has 0 saturated carbocycles. The maximum Gasteiger partial charge on any atom is 0.224 e. The molecule has 0 atom stereocenters. The molecular formula is C16H25N3O2. The molecule has 1 aromatic rings. The zero-order valence-electron chi connectivity index (χ0n) is 12.8. The molecule has 1 N–H and O–H groups in total. The molecule has 0 radical (unpaired) electrons. The second-order valence-corrected chi connectivity index (χ2v) is 5.32. The Morgan fingerprint density at radius 1 is 1.38 bits per heavy atom. The van der Waals surface area contributed by atoms with Crippen molar-refractivity contribution in [2.75, 3.05) is 31.6 Å². The van der Waals surface area contributed by atoms with Gasteiger partial charge in [0.1, 0.15) is 0 Å². The minimum atomic E-state index is 0.231. The Balaban J connectivity index is 1.78. The molecule has 21 heavy (non-hydrogen) atoms. The summed E-state index contributed by atoms with van der Waals surface area (Å²) in [6, 6.07) is 3.76. The van der Waals surface area contributed by atoms with Crippen molar-refractivity contribution in [3.8, 4) is 5.75 Å². The summed E-state index contributed by atoms with van der Waals surface area (Å²) in [7, 11) is 0. The first kappa shape index (κ1) is 15.6. The van der Waals surface area contributed by atoms with E-state index in [0.717, 1.165) is 43.9 Å². The Kier molecular flexibility index (Phi) is 6.31. The Hall–Kier alpha value is -1.78. The van der Waals surface area contributed by atoms with E-state index in [1.165, 1.54) is 6.42 Å². The maximum atomic E-state index is 12.1. The van der Waals surface area contributed by atoms with Crippen molar-refractivity contribution in [1.29, 1.82) is 0 Å². The molecule has 0 aromatic carbocycles. The smallest absolute Gasteiger partial charge is 0.224 e. The SMILES string of the molecule is CCCOc1cccnc1NCCC(=O)N1CCCCC1. The molecule has 0 bridgehead atoms. The highest BCUT2D eigenvalue weighted by atomic mass is 16.5. The van der Waals surface area contributed by atoms with Crippen LogP contribution in [0.2, 0.25) is 0 Å². The lowest BCUT2D eigenvalue weighted by Crippen LogP contribution is -2.36. The molecule has 2 rings (SSSR count). The van der Waals surface area contributed by atoms with Crippen LogP contribution >= 0.6 is 0 Å². The number of nitrogens with zero attached hydrogens (tertiary/aromatic N) is 2. The van der Waals surface area contributed by atoms with Crippen LogP contribution < -0.4 is 10.1 Å². The molecule has 1 fully saturated rings. The normalized spacial score (nSPS) is 14.8. The summed E-state index contributed by atoms with van der Waals surface area (Å²) < 4.78 is 5.64. The zero-order valence-corrected chi connectivity index (χ0v) is 12.8. The van der Waals surface area contributed by atoms with E-state index in [-0.39, 0.29) is 5.91 Å². The number of piperidine rings is 1. The van der Waals surface area contributed by atoms with Gasteiger partial charge in [0.05, 0.1) is 6.61 Å². The van der Waals surface area contributed by atoms with Gasteiger partial charge in [-0.25, -0.2) is 4.98 Å². The number of likely N-dealkylation sites (tertiary alicyclic amines) is 1. The van der Waals surface area contributed by atoms with Gasteiger partial charge in [0.25, 0.3) is 0 Å². The van der Waals surface area contributed by atoms with E-state index < -0.39 is 0 Å². The number of nitrogens with one attached hydrogen (secondary N) is 1. The molecule has 0 aliphatic carbocycles. The second kappa shape index (κ2) is 8.49. The first-order valence-corrected chi connectivity index (χ1v) is 7.90. The molecule has 1 aromatic heterocycles. The Labute approximate surface area is 126 Å². The predicted octanol–water partition coefficient (Wildman–Crippen LogP) is 2.68. The van der Waals surface area contributed by atoms with Gasteiger partial charge in [0, 0.05) is 32.3 Å². The molecule has 0 spiro atoms. The average molecular weight is 291 g/mol. The number of carbonyl (C=O) groups excluding carboxylic acids is 1. The van der Waals surface area contributed by atoms with Crippen molar-refractivity contribution >= 4 is 11.7 Å². The highest BCUT2D eigenvalue weighted by Gasteiger charge is 2.16. The van der Waals surface area contributed by atoms with Crippen LogP contribution in [0.15, 0.2) is 18.3 Å². The van der Waals surface area contributed by atoms with Crippen LogP contribution in [0.3, 0.4) is 0 Å². The predicted molar refractivity (Wildman–Crippen MR) is 83.6 cm³/mol. The number of anilines is 1. The largest absolute Gasteiger partial charge is 0.490 e. The summed E-state index contributed by atoms with van der Waals surface area (Å²) >= 11 is 0. The lowest BCUT2D eigenvalue weighted by atomic mass is 10.1. The fourth-order valence-corrected chi connectivity index (χ4v) is 2.44. The Morgan fingerprint density at radius 3 is 2.95 bits per heavy atom. The van der Waals surface area contributed by atoms with Crippen molar-refractivity contribution in [1.82, 2.24) is 9.88 Å². The molecule has 2 heterocycles. The van der Waals surface area contributed by atoms with Gasteiger partial charge < -0.3 is 15.0 Å². The van der Waals surface area contributed by atoms with Crippen LogP contribution in [0, 0.1) is 0 Å². The van der Waals surface area contributed by atoms with Crippen LogP contribution in [0.25, 0.3) is 0 Å². The van der Waals surface area contributed by atoms with E-state index in [1.54, 1.807) is 6.20 Å². The molecule has 1 aliphatic rings. The summed E-state index contributed by atoms with van der Waals surface area (Å²) in [5.74, 6) is 1.70. The van der Waals surface area contributed by atoms with Gasteiger partial charge in [0.2, 0.25) is 5.91 Å². The van der Waals surface area contributed by atoms with E-state index >= 15 is 0 Å². The van der Waals surface area contributed by atoms with Crippen LogP contribution in [-0.2, 0) is 4.79 Å². The lowest BCUT2D eigenvalue weighted by molar-refractivity contribution is -0.131. The van der Waals surface area contributed by atoms with Crippen LogP contribution in [0.1, 0.15) is 39.0 Å². The third kappa shape index (κ3) is 4.92. The minimum Gasteiger partial charge on any atom is -0.490 e. The lowest BCUT2D eigenvalue weighted by Gasteiger charge is -2.26. The van der Waals surface area contributed by atoms with E-state index in [4.69, 9.17) is 4.74 Å². The summed E-state index contributed by atoms with van der Waals surface area (Å²) in [6.45, 7) is 5.16. The minimum absolute atomic E-state index is 0.231. The number of ether oxygens (including phenoxy) is 1. The quantitative estimate of drug-likeness (QED) is 0.839. The van der Waals surface area contributed by atoms with E-state index in [1.807, 2.05) is 17.0 Å². The van der Waals surface area contributed by atoms with Gasteiger partial charge >= 0.3 is 0 Å². The first-order valence-electron chi connectivity index (χ1n) is 7.90. The fourth-order valence-electron chi connectivity index (χ4n) is 2.44. The highest BCUT2D eigenvalue weighted by molar-refractivity contribution is 5.76. The van der Waals surface area contributed by atoms with Crippen molar-refractivity contribution in [3.05, 3.63) is 18.3 Å². The number of aromatic nitrogens is 1. The maximum absolute atomic E-state index is 12.1. The van der Waals surface area contributed by atoms with E-state index in [2.05, 4.69) is 17.2 Å². The first-order chi connectivity index (χ1) is 10.3. The number of hydrogen-bond acceptors (Lipinski definition) is 4. The molecular weight excluding hydrogens is 266 g/mol. The third-order valence-electron chi connectivity index (χ3n) is 3.57. The van der Waals surface area contributed by atoms with Crippen LogP contribution in [0.5, 0.6) is 5.75 Å². The van der Waals surface area contributed by atoms with Crippen molar-refractivity contribution in [2.45, 2.75) is 39.0 Å². The number of rotatable bonds is 7. The summed E-state index contributed by atoms with van der Waals surface area (Å²) in [5, 5.41) is 3.21. The third-order valence-corrected chi connectivity index (χ3v) is 3.57. The van der Waals surface area contributed by atoms with Gasteiger partial charge in [-0.15, -0.1) is 0 Å². The Bertz CT molecular complexity index is 445. The second-order valence-electron chi connectivity index (χ2n) is 5.32. The van der Waals surface area contributed by atoms with Gasteiger partial charge in [-0.05, 0) is 37.8 Å². The number of pyridine rings is 1. The fraction of sp³-hybridized carbons (Fsp3) is 0.625. The molecule has 1 saturated heterocycles. The van der Waals surface area contributed by atoms with Gasteiger partial charge in [-0.2, -0.15) is 0 Å². The van der Waals surface area contributed by atoms with Gasteiger partial charge in [0.15, 0.2) is 11.6 Å². The van der Waals surface area contributed by atoms with Crippen LogP contribution in [0.4, 0.5) is 5.82 Å². The molecule has 0 unspecified atom stereocenters. The standard InChI is InChI=1S/C16H25N3O2/c1-2-13-21-14-7-6-9-17-16(14)18-10-8-15(20)19-11-4-3-5-12-19/h6-7,9H,2-5,8,10-13H2,1H3,(H,17,18). The summed E-state index contributed by atoms with van der Waals surface area (Å²) in [5.41, 5.74) is 0. The van der Waals surface area contributed by atoms with E-state index in [9.17, 15) is 4.79 Å². The molecule has 1 amide bonds. The molecule has 1 aliphatic heterocycles. The van der Waals surface area contributed by atoms with Crippen molar-refractivity contribution in [3.63, 3.8) is 0 Å². The number of amides is 1. The molecule has 5 heteroatoms. The average Bonchev–Trinajstić information content (AvgIpc) is 2.54. The Morgan fingerprint density at radius 2 is 2.19 bits per heavy atom. The monoisotopic (exact) mass is 291 g/mol. The zero-order chi connectivity index (χ0) is 14.9. The number of carbonyl (C=O) groups is 1. The topological polar surface area (TPSA) is 54.5 Å². The number of hydrogen-bond donors (Lipinski definition) is 1.